The first kappa shape index (κ1) is 11.6. The maximum Gasteiger partial charge on any atom is 0.167 e. The summed E-state index contributed by atoms with van der Waals surface area (Å²) in [7, 11) is 1.47. The highest BCUT2D eigenvalue weighted by Crippen LogP contribution is 2.29. The average Bonchev–Trinajstić information content (AvgIpc) is 2.65. The number of thioether (sulfide) groups is 1. The minimum atomic E-state index is -0.314. The summed E-state index contributed by atoms with van der Waals surface area (Å²) >= 11 is 1.96. The Bertz CT molecular complexity index is 372. The van der Waals surface area contributed by atoms with Crippen LogP contribution in [0.15, 0.2) is 18.2 Å². The monoisotopic (exact) mass is 241 g/mol. The van der Waals surface area contributed by atoms with Gasteiger partial charge in [0, 0.05) is 23.0 Å². The minimum absolute atomic E-state index is 0.291. The van der Waals surface area contributed by atoms with Gasteiger partial charge in [-0.25, -0.2) is 4.39 Å². The second-order valence-corrected chi connectivity index (χ2v) is 5.45. The van der Waals surface area contributed by atoms with Crippen LogP contribution in [0.25, 0.3) is 0 Å². The van der Waals surface area contributed by atoms with E-state index in [0.717, 1.165) is 12.1 Å². The Kier molecular flexibility index (Phi) is 3.59. The molecule has 1 heterocycles. The van der Waals surface area contributed by atoms with Crippen molar-refractivity contribution >= 4 is 17.4 Å². The van der Waals surface area contributed by atoms with Gasteiger partial charge in [-0.1, -0.05) is 6.92 Å². The summed E-state index contributed by atoms with van der Waals surface area (Å²) in [6, 6.07) is 5.45. The summed E-state index contributed by atoms with van der Waals surface area (Å²) in [5, 5.41) is 3.95. The summed E-state index contributed by atoms with van der Waals surface area (Å²) in [6.45, 7) is 2.20. The Labute approximate surface area is 99.6 Å². The number of hydrogen-bond donors (Lipinski definition) is 1. The lowest BCUT2D eigenvalue weighted by molar-refractivity contribution is 0.386. The quantitative estimate of drug-likeness (QED) is 0.878. The van der Waals surface area contributed by atoms with Gasteiger partial charge in [0.05, 0.1) is 7.11 Å². The SMILES string of the molecule is COc1ccc(NC2CCSC2C)cc1F. The zero-order valence-corrected chi connectivity index (χ0v) is 10.3. The molecule has 16 heavy (non-hydrogen) atoms. The molecule has 1 fully saturated rings. The molecule has 4 heteroatoms. The van der Waals surface area contributed by atoms with Gasteiger partial charge >= 0.3 is 0 Å². The molecule has 0 aliphatic carbocycles. The van der Waals surface area contributed by atoms with Crippen LogP contribution in [0.5, 0.6) is 5.75 Å². The van der Waals surface area contributed by atoms with E-state index in [1.54, 1.807) is 6.07 Å². The van der Waals surface area contributed by atoms with E-state index >= 15 is 0 Å². The molecule has 1 N–H and O–H groups in total. The van der Waals surface area contributed by atoms with Crippen LogP contribution in [0.3, 0.4) is 0 Å². The average molecular weight is 241 g/mol. The van der Waals surface area contributed by atoms with Gasteiger partial charge in [-0.3, -0.25) is 0 Å². The number of methoxy groups -OCH3 is 1. The van der Waals surface area contributed by atoms with Crippen LogP contribution in [0.1, 0.15) is 13.3 Å². The third-order valence-electron chi connectivity index (χ3n) is 2.88. The van der Waals surface area contributed by atoms with Crippen molar-refractivity contribution in [2.45, 2.75) is 24.6 Å². The lowest BCUT2D eigenvalue weighted by Gasteiger charge is -2.18. The normalized spacial score (nSPS) is 24.4. The van der Waals surface area contributed by atoms with E-state index in [1.807, 2.05) is 17.8 Å². The Hall–Kier alpha value is -0.900. The molecule has 0 bridgehead atoms. The van der Waals surface area contributed by atoms with E-state index in [4.69, 9.17) is 4.74 Å². The Morgan fingerprint density at radius 3 is 2.88 bits per heavy atom. The molecule has 2 atom stereocenters. The second kappa shape index (κ2) is 4.95. The van der Waals surface area contributed by atoms with E-state index in [9.17, 15) is 4.39 Å². The number of benzene rings is 1. The van der Waals surface area contributed by atoms with E-state index in [2.05, 4.69) is 12.2 Å². The van der Waals surface area contributed by atoms with E-state index in [0.29, 0.717) is 17.0 Å². The van der Waals surface area contributed by atoms with Crippen LogP contribution < -0.4 is 10.1 Å². The molecule has 1 aliphatic heterocycles. The molecule has 1 saturated heterocycles. The molecule has 0 amide bonds. The number of nitrogens with one attached hydrogen (secondary N) is 1. The van der Waals surface area contributed by atoms with Crippen molar-refractivity contribution in [2.75, 3.05) is 18.2 Å². The zero-order valence-electron chi connectivity index (χ0n) is 9.50. The maximum absolute atomic E-state index is 13.5. The fraction of sp³-hybridized carbons (Fsp3) is 0.500. The lowest BCUT2D eigenvalue weighted by atomic mass is 10.1. The van der Waals surface area contributed by atoms with Crippen molar-refractivity contribution in [3.63, 3.8) is 0 Å². The fourth-order valence-electron chi connectivity index (χ4n) is 1.89. The lowest BCUT2D eigenvalue weighted by Crippen LogP contribution is -2.24. The van der Waals surface area contributed by atoms with Crippen LogP contribution in [-0.2, 0) is 0 Å². The summed E-state index contributed by atoms with van der Waals surface area (Å²) in [5.74, 6) is 1.16. The third-order valence-corrected chi connectivity index (χ3v) is 4.21. The molecular weight excluding hydrogens is 225 g/mol. The number of halogens is 1. The molecule has 0 spiro atoms. The molecule has 0 saturated carbocycles. The largest absolute Gasteiger partial charge is 0.494 e. The van der Waals surface area contributed by atoms with Gasteiger partial charge < -0.3 is 10.1 Å². The van der Waals surface area contributed by atoms with Gasteiger partial charge in [-0.2, -0.15) is 11.8 Å². The molecule has 2 nitrogen and oxygen atoms in total. The Morgan fingerprint density at radius 2 is 2.31 bits per heavy atom. The highest BCUT2D eigenvalue weighted by atomic mass is 32.2. The number of anilines is 1. The van der Waals surface area contributed by atoms with Gasteiger partial charge in [-0.05, 0) is 24.3 Å². The van der Waals surface area contributed by atoms with Crippen LogP contribution in [0.2, 0.25) is 0 Å². The molecular formula is C12H16FNOS. The first-order valence-corrected chi connectivity index (χ1v) is 6.47. The first-order chi connectivity index (χ1) is 7.70. The minimum Gasteiger partial charge on any atom is -0.494 e. The highest BCUT2D eigenvalue weighted by molar-refractivity contribution is 8.00. The van der Waals surface area contributed by atoms with Gasteiger partial charge in [0.15, 0.2) is 11.6 Å². The van der Waals surface area contributed by atoms with Crippen molar-refractivity contribution in [3.05, 3.63) is 24.0 Å². The van der Waals surface area contributed by atoms with Gasteiger partial charge in [0.25, 0.3) is 0 Å². The number of hydrogen-bond acceptors (Lipinski definition) is 3. The summed E-state index contributed by atoms with van der Waals surface area (Å²) in [5.41, 5.74) is 0.831. The Morgan fingerprint density at radius 1 is 1.50 bits per heavy atom. The zero-order chi connectivity index (χ0) is 11.5. The summed E-state index contributed by atoms with van der Waals surface area (Å²) < 4.78 is 18.3. The molecule has 2 unspecified atom stereocenters. The van der Waals surface area contributed by atoms with Crippen LogP contribution >= 0.6 is 11.8 Å². The molecule has 0 radical (unpaired) electrons. The van der Waals surface area contributed by atoms with Crippen LogP contribution in [0.4, 0.5) is 10.1 Å². The predicted octanol–water partition coefficient (Wildman–Crippen LogP) is 3.14. The van der Waals surface area contributed by atoms with Crippen molar-refractivity contribution in [1.82, 2.24) is 0 Å². The number of rotatable bonds is 3. The first-order valence-electron chi connectivity index (χ1n) is 5.42. The van der Waals surface area contributed by atoms with E-state index < -0.39 is 0 Å². The Balaban J connectivity index is 2.07. The number of ether oxygens (including phenoxy) is 1. The molecule has 1 aliphatic rings. The van der Waals surface area contributed by atoms with Crippen LogP contribution in [-0.4, -0.2) is 24.2 Å². The van der Waals surface area contributed by atoms with Crippen molar-refractivity contribution < 1.29 is 9.13 Å². The molecule has 1 aromatic carbocycles. The topological polar surface area (TPSA) is 21.3 Å². The van der Waals surface area contributed by atoms with E-state index in [-0.39, 0.29) is 5.82 Å². The molecule has 88 valence electrons. The summed E-state index contributed by atoms with van der Waals surface area (Å²) in [4.78, 5) is 0. The summed E-state index contributed by atoms with van der Waals surface area (Å²) in [6.07, 6.45) is 1.14. The van der Waals surface area contributed by atoms with Gasteiger partial charge in [0.2, 0.25) is 0 Å². The highest BCUT2D eigenvalue weighted by Gasteiger charge is 2.23. The fourth-order valence-corrected chi connectivity index (χ4v) is 3.09. The standard InChI is InChI=1S/C12H16FNOS/c1-8-11(5-6-16-8)14-9-3-4-12(15-2)10(13)7-9/h3-4,7-8,11,14H,5-6H2,1-2H3. The predicted molar refractivity (Wildman–Crippen MR) is 66.9 cm³/mol. The van der Waals surface area contributed by atoms with E-state index in [1.165, 1.54) is 18.9 Å². The molecule has 0 aromatic heterocycles. The van der Waals surface area contributed by atoms with Gasteiger partial charge in [-0.15, -0.1) is 0 Å². The molecule has 1 aromatic rings. The van der Waals surface area contributed by atoms with Crippen molar-refractivity contribution in [2.24, 2.45) is 0 Å². The third kappa shape index (κ3) is 2.43. The smallest absolute Gasteiger partial charge is 0.167 e. The van der Waals surface area contributed by atoms with Crippen LogP contribution in [0, 0.1) is 5.82 Å². The maximum atomic E-state index is 13.5. The molecule has 2 rings (SSSR count). The second-order valence-electron chi connectivity index (χ2n) is 3.96. The van der Waals surface area contributed by atoms with Crippen molar-refractivity contribution in [1.29, 1.82) is 0 Å². The van der Waals surface area contributed by atoms with Gasteiger partial charge in [0.1, 0.15) is 0 Å². The van der Waals surface area contributed by atoms with Crippen molar-refractivity contribution in [3.8, 4) is 5.75 Å².